The van der Waals surface area contributed by atoms with Crippen LogP contribution < -0.4 is 9.47 Å². The Hall–Kier alpha value is -2.28. The van der Waals surface area contributed by atoms with Gasteiger partial charge in [-0.1, -0.05) is 0 Å². The minimum atomic E-state index is -1.07. The summed E-state index contributed by atoms with van der Waals surface area (Å²) in [5.74, 6) is -0.360. The summed E-state index contributed by atoms with van der Waals surface area (Å²) < 4.78 is 15.6. The molecule has 1 saturated heterocycles. The Morgan fingerprint density at radius 3 is 2.50 bits per heavy atom. The summed E-state index contributed by atoms with van der Waals surface area (Å²) in [6.07, 6.45) is -1.34. The number of benzene rings is 1. The Kier molecular flexibility index (Phi) is 4.87. The molecule has 1 aromatic carbocycles. The topological polar surface area (TPSA) is 85.3 Å². The molecular weight excluding hydrogens is 290 g/mol. The van der Waals surface area contributed by atoms with Gasteiger partial charge in [-0.25, -0.2) is 4.79 Å². The summed E-state index contributed by atoms with van der Waals surface area (Å²) in [5.41, 5.74) is 0.413. The smallest absolute Gasteiger partial charge is 0.334 e. The largest absolute Gasteiger partial charge is 0.493 e. The number of carboxylic acids is 1. The molecule has 0 aliphatic carbocycles. The van der Waals surface area contributed by atoms with Crippen LogP contribution >= 0.6 is 0 Å². The highest BCUT2D eigenvalue weighted by atomic mass is 16.5. The van der Waals surface area contributed by atoms with E-state index in [4.69, 9.17) is 19.3 Å². The minimum absolute atomic E-state index is 0.0207. The van der Waals surface area contributed by atoms with E-state index in [0.29, 0.717) is 23.6 Å². The number of hydrogen-bond acceptors (Lipinski definition) is 5. The molecule has 2 rings (SSSR count). The molecule has 7 nitrogen and oxygen atoms in total. The number of amides is 1. The van der Waals surface area contributed by atoms with Gasteiger partial charge < -0.3 is 24.2 Å². The second-order valence-corrected chi connectivity index (χ2v) is 5.05. The summed E-state index contributed by atoms with van der Waals surface area (Å²) in [6.45, 7) is 2.10. The molecule has 1 amide bonds. The van der Waals surface area contributed by atoms with Crippen molar-refractivity contribution in [2.24, 2.45) is 0 Å². The van der Waals surface area contributed by atoms with Crippen LogP contribution in [-0.2, 0) is 9.53 Å². The van der Waals surface area contributed by atoms with Crippen molar-refractivity contribution in [3.05, 3.63) is 23.8 Å². The highest BCUT2D eigenvalue weighted by Crippen LogP contribution is 2.28. The molecule has 1 aliphatic rings. The highest BCUT2D eigenvalue weighted by molar-refractivity contribution is 5.95. The van der Waals surface area contributed by atoms with Crippen molar-refractivity contribution < 1.29 is 28.9 Å². The third kappa shape index (κ3) is 3.30. The standard InChI is InChI=1S/C15H19NO6/c1-9-7-16(8-13(22-9)15(18)19)14(17)10-4-5-11(20-2)12(6-10)21-3/h4-6,9,13H,7-8H2,1-3H3,(H,18,19)/t9-,13?/m1/s1. The summed E-state index contributed by atoms with van der Waals surface area (Å²) in [4.78, 5) is 25.1. The summed E-state index contributed by atoms with van der Waals surface area (Å²) in [7, 11) is 3.00. The number of nitrogens with zero attached hydrogens (tertiary/aromatic N) is 1. The van der Waals surface area contributed by atoms with E-state index >= 15 is 0 Å². The van der Waals surface area contributed by atoms with Gasteiger partial charge in [-0.05, 0) is 25.1 Å². The number of hydrogen-bond donors (Lipinski definition) is 1. The van der Waals surface area contributed by atoms with Gasteiger partial charge in [-0.3, -0.25) is 4.79 Å². The molecule has 120 valence electrons. The van der Waals surface area contributed by atoms with E-state index in [1.54, 1.807) is 25.1 Å². The Labute approximate surface area is 128 Å². The lowest BCUT2D eigenvalue weighted by atomic mass is 10.1. The van der Waals surface area contributed by atoms with E-state index in [0.717, 1.165) is 0 Å². The van der Waals surface area contributed by atoms with E-state index < -0.39 is 12.1 Å². The van der Waals surface area contributed by atoms with Crippen LogP contribution in [0.1, 0.15) is 17.3 Å². The molecule has 7 heteroatoms. The number of carbonyl (C=O) groups excluding carboxylic acids is 1. The third-order valence-corrected chi connectivity index (χ3v) is 3.45. The van der Waals surface area contributed by atoms with Gasteiger partial charge in [0.1, 0.15) is 0 Å². The lowest BCUT2D eigenvalue weighted by molar-refractivity contribution is -0.160. The first-order chi connectivity index (χ1) is 10.5. The molecule has 1 aliphatic heterocycles. The van der Waals surface area contributed by atoms with Crippen molar-refractivity contribution in [1.82, 2.24) is 4.90 Å². The molecule has 0 aromatic heterocycles. The van der Waals surface area contributed by atoms with Gasteiger partial charge in [-0.15, -0.1) is 0 Å². The van der Waals surface area contributed by atoms with Crippen LogP contribution in [-0.4, -0.2) is 61.4 Å². The van der Waals surface area contributed by atoms with Crippen LogP contribution in [0, 0.1) is 0 Å². The first-order valence-electron chi connectivity index (χ1n) is 6.85. The van der Waals surface area contributed by atoms with Gasteiger partial charge >= 0.3 is 5.97 Å². The van der Waals surface area contributed by atoms with Gasteiger partial charge in [0.25, 0.3) is 5.91 Å². The number of ether oxygens (including phenoxy) is 3. The van der Waals surface area contributed by atoms with Gasteiger partial charge in [0.2, 0.25) is 0 Å². The molecule has 1 fully saturated rings. The van der Waals surface area contributed by atoms with Crippen LogP contribution in [0.25, 0.3) is 0 Å². The molecule has 1 heterocycles. The van der Waals surface area contributed by atoms with Gasteiger partial charge in [0.15, 0.2) is 17.6 Å². The number of carbonyl (C=O) groups is 2. The molecule has 0 bridgehead atoms. The Morgan fingerprint density at radius 1 is 1.23 bits per heavy atom. The maximum Gasteiger partial charge on any atom is 0.334 e. The zero-order valence-electron chi connectivity index (χ0n) is 12.7. The Balaban J connectivity index is 2.21. The maximum absolute atomic E-state index is 12.6. The molecule has 2 atom stereocenters. The number of methoxy groups -OCH3 is 2. The molecule has 0 spiro atoms. The molecule has 1 N–H and O–H groups in total. The van der Waals surface area contributed by atoms with Crippen molar-refractivity contribution in [3.63, 3.8) is 0 Å². The Morgan fingerprint density at radius 2 is 1.91 bits per heavy atom. The lowest BCUT2D eigenvalue weighted by Gasteiger charge is -2.35. The predicted molar refractivity (Wildman–Crippen MR) is 77.4 cm³/mol. The average molecular weight is 309 g/mol. The predicted octanol–water partition coefficient (Wildman–Crippen LogP) is 1.02. The van der Waals surface area contributed by atoms with Gasteiger partial charge in [-0.2, -0.15) is 0 Å². The molecule has 22 heavy (non-hydrogen) atoms. The van der Waals surface area contributed by atoms with Crippen LogP contribution in [0.4, 0.5) is 0 Å². The molecule has 0 radical (unpaired) electrons. The monoisotopic (exact) mass is 309 g/mol. The molecular formula is C15H19NO6. The third-order valence-electron chi connectivity index (χ3n) is 3.45. The summed E-state index contributed by atoms with van der Waals surface area (Å²) >= 11 is 0. The summed E-state index contributed by atoms with van der Waals surface area (Å²) in [5, 5.41) is 9.08. The lowest BCUT2D eigenvalue weighted by Crippen LogP contribution is -2.51. The van der Waals surface area contributed by atoms with Crippen LogP contribution in [0.5, 0.6) is 11.5 Å². The van der Waals surface area contributed by atoms with Crippen LogP contribution in [0.3, 0.4) is 0 Å². The second kappa shape index (κ2) is 6.65. The zero-order chi connectivity index (χ0) is 16.3. The fraction of sp³-hybridized carbons (Fsp3) is 0.467. The quantitative estimate of drug-likeness (QED) is 0.893. The van der Waals surface area contributed by atoms with Gasteiger partial charge in [0.05, 0.1) is 26.9 Å². The first kappa shape index (κ1) is 16.1. The number of aliphatic carboxylic acids is 1. The van der Waals surface area contributed by atoms with E-state index in [9.17, 15) is 9.59 Å². The molecule has 1 aromatic rings. The fourth-order valence-electron chi connectivity index (χ4n) is 2.41. The number of carboxylic acid groups (broad SMARTS) is 1. The van der Waals surface area contributed by atoms with Crippen LogP contribution in [0.15, 0.2) is 18.2 Å². The van der Waals surface area contributed by atoms with Crippen molar-refractivity contribution in [2.45, 2.75) is 19.1 Å². The van der Waals surface area contributed by atoms with Gasteiger partial charge in [0, 0.05) is 12.1 Å². The summed E-state index contributed by atoms with van der Waals surface area (Å²) in [6, 6.07) is 4.85. The first-order valence-corrected chi connectivity index (χ1v) is 6.85. The highest BCUT2D eigenvalue weighted by Gasteiger charge is 2.33. The normalized spacial score (nSPS) is 21.3. The van der Waals surface area contributed by atoms with E-state index in [1.807, 2.05) is 0 Å². The van der Waals surface area contributed by atoms with E-state index in [2.05, 4.69) is 0 Å². The molecule has 1 unspecified atom stereocenters. The second-order valence-electron chi connectivity index (χ2n) is 5.05. The van der Waals surface area contributed by atoms with Crippen molar-refractivity contribution in [3.8, 4) is 11.5 Å². The minimum Gasteiger partial charge on any atom is -0.493 e. The zero-order valence-corrected chi connectivity index (χ0v) is 12.7. The van der Waals surface area contributed by atoms with Crippen molar-refractivity contribution in [2.75, 3.05) is 27.3 Å². The van der Waals surface area contributed by atoms with E-state index in [-0.39, 0.29) is 18.6 Å². The average Bonchev–Trinajstić information content (AvgIpc) is 2.52. The number of morpholine rings is 1. The van der Waals surface area contributed by atoms with Crippen molar-refractivity contribution in [1.29, 1.82) is 0 Å². The SMILES string of the molecule is COc1ccc(C(=O)N2CC(C(=O)O)O[C@H](C)C2)cc1OC. The molecule has 0 saturated carbocycles. The van der Waals surface area contributed by atoms with Crippen molar-refractivity contribution >= 4 is 11.9 Å². The number of rotatable bonds is 4. The maximum atomic E-state index is 12.6. The Bertz CT molecular complexity index is 573. The van der Waals surface area contributed by atoms with E-state index in [1.165, 1.54) is 19.1 Å². The van der Waals surface area contributed by atoms with Crippen LogP contribution in [0.2, 0.25) is 0 Å². The fourth-order valence-corrected chi connectivity index (χ4v) is 2.41.